The Morgan fingerprint density at radius 3 is 2.30 bits per heavy atom. The number of hydrogen-bond donors (Lipinski definition) is 0. The van der Waals surface area contributed by atoms with Crippen molar-refractivity contribution in [2.75, 3.05) is 25.0 Å². The van der Waals surface area contributed by atoms with Gasteiger partial charge in [-0.1, -0.05) is 55.8 Å². The maximum atomic E-state index is 13.4. The molecule has 0 saturated heterocycles. The van der Waals surface area contributed by atoms with Crippen LogP contribution in [0, 0.1) is 0 Å². The molecule has 30 heavy (non-hydrogen) atoms. The van der Waals surface area contributed by atoms with Crippen molar-refractivity contribution in [1.29, 1.82) is 0 Å². The first-order valence-electron chi connectivity index (χ1n) is 10.2. The van der Waals surface area contributed by atoms with Crippen molar-refractivity contribution in [3.63, 3.8) is 0 Å². The summed E-state index contributed by atoms with van der Waals surface area (Å²) in [6.07, 6.45) is 3.27. The molecule has 0 aliphatic heterocycles. The summed E-state index contributed by atoms with van der Waals surface area (Å²) in [6.45, 7) is 5.40. The Hall–Kier alpha value is -2.92. The second-order valence-corrected chi connectivity index (χ2v) is 7.64. The quantitative estimate of drug-likeness (QED) is 0.451. The Balaban J connectivity index is 2.17. The minimum absolute atomic E-state index is 0.145. The van der Waals surface area contributed by atoms with E-state index >= 15 is 0 Å². The molecule has 0 bridgehead atoms. The van der Waals surface area contributed by atoms with Crippen LogP contribution >= 0.6 is 11.6 Å². The highest BCUT2D eigenvalue weighted by Gasteiger charge is 2.26. The van der Waals surface area contributed by atoms with E-state index in [1.165, 1.54) is 0 Å². The van der Waals surface area contributed by atoms with Crippen molar-refractivity contribution in [2.45, 2.75) is 26.7 Å². The highest BCUT2D eigenvalue weighted by atomic mass is 35.5. The van der Waals surface area contributed by atoms with Gasteiger partial charge in [0.1, 0.15) is 0 Å². The summed E-state index contributed by atoms with van der Waals surface area (Å²) in [5.41, 5.74) is 2.12. The number of rotatable bonds is 7. The summed E-state index contributed by atoms with van der Waals surface area (Å²) in [5.74, 6) is -0.183. The van der Waals surface area contributed by atoms with Gasteiger partial charge in [0.05, 0.1) is 16.8 Å². The van der Waals surface area contributed by atoms with Crippen LogP contribution in [0.15, 0.2) is 54.7 Å². The molecule has 0 aliphatic rings. The van der Waals surface area contributed by atoms with Gasteiger partial charge in [0, 0.05) is 42.3 Å². The number of amides is 2. The monoisotopic (exact) mass is 423 g/mol. The molecule has 0 fully saturated rings. The molecule has 1 aromatic heterocycles. The fourth-order valence-corrected chi connectivity index (χ4v) is 3.75. The van der Waals surface area contributed by atoms with Gasteiger partial charge in [0.25, 0.3) is 0 Å². The van der Waals surface area contributed by atoms with Crippen LogP contribution < -0.4 is 4.90 Å². The van der Waals surface area contributed by atoms with Gasteiger partial charge in [-0.3, -0.25) is 14.7 Å². The average molecular weight is 424 g/mol. The molecule has 3 rings (SSSR count). The zero-order valence-corrected chi connectivity index (χ0v) is 18.3. The number of halogens is 1. The third kappa shape index (κ3) is 4.46. The van der Waals surface area contributed by atoms with Crippen LogP contribution in [0.2, 0.25) is 5.02 Å². The molecule has 0 N–H and O–H groups in total. The van der Waals surface area contributed by atoms with Crippen molar-refractivity contribution in [2.24, 2.45) is 0 Å². The molecule has 0 saturated carbocycles. The third-order valence-electron chi connectivity index (χ3n) is 4.96. The highest BCUT2D eigenvalue weighted by molar-refractivity contribution is 6.31. The van der Waals surface area contributed by atoms with Crippen LogP contribution in [-0.2, 0) is 0 Å². The van der Waals surface area contributed by atoms with E-state index in [9.17, 15) is 9.59 Å². The first-order chi connectivity index (χ1) is 14.5. The van der Waals surface area contributed by atoms with E-state index in [1.807, 2.05) is 36.9 Å². The minimum Gasteiger partial charge on any atom is -0.324 e. The van der Waals surface area contributed by atoms with Crippen molar-refractivity contribution in [1.82, 2.24) is 9.88 Å². The van der Waals surface area contributed by atoms with E-state index in [0.29, 0.717) is 45.8 Å². The van der Waals surface area contributed by atoms with E-state index in [-0.39, 0.29) is 11.8 Å². The fourth-order valence-electron chi connectivity index (χ4n) is 3.57. The van der Waals surface area contributed by atoms with E-state index < -0.39 is 0 Å². The van der Waals surface area contributed by atoms with Crippen LogP contribution in [0.25, 0.3) is 10.9 Å². The van der Waals surface area contributed by atoms with Crippen molar-refractivity contribution in [3.05, 3.63) is 70.9 Å². The van der Waals surface area contributed by atoms with Crippen LogP contribution in [0.5, 0.6) is 0 Å². The fraction of sp³-hybridized carbons (Fsp3) is 0.292. The van der Waals surface area contributed by atoms with Gasteiger partial charge in [-0.25, -0.2) is 4.79 Å². The summed E-state index contributed by atoms with van der Waals surface area (Å²) >= 11 is 6.26. The summed E-state index contributed by atoms with van der Waals surface area (Å²) < 4.78 is 0. The lowest BCUT2D eigenvalue weighted by Gasteiger charge is -2.29. The van der Waals surface area contributed by atoms with E-state index in [2.05, 4.69) is 4.98 Å². The van der Waals surface area contributed by atoms with E-state index in [4.69, 9.17) is 11.6 Å². The SMILES string of the molecule is CCCN(CCC)C(=O)N(C)c1c(C(=O)c2ccccc2)cnc2ccc(Cl)cc12. The molecule has 0 atom stereocenters. The number of anilines is 1. The minimum atomic E-state index is -0.183. The largest absolute Gasteiger partial charge is 0.324 e. The van der Waals surface area contributed by atoms with Gasteiger partial charge in [0.2, 0.25) is 0 Å². The molecule has 1 heterocycles. The van der Waals surface area contributed by atoms with Crippen molar-refractivity contribution < 1.29 is 9.59 Å². The summed E-state index contributed by atoms with van der Waals surface area (Å²) in [7, 11) is 1.71. The summed E-state index contributed by atoms with van der Waals surface area (Å²) in [5, 5.41) is 1.20. The van der Waals surface area contributed by atoms with Crippen molar-refractivity contribution in [3.8, 4) is 0 Å². The predicted octanol–water partition coefficient (Wildman–Crippen LogP) is 5.80. The Labute approximate surface area is 182 Å². The second-order valence-electron chi connectivity index (χ2n) is 7.21. The molecule has 0 aliphatic carbocycles. The number of carbonyl (C=O) groups is 2. The molecule has 0 spiro atoms. The van der Waals surface area contributed by atoms with E-state index in [1.54, 1.807) is 48.5 Å². The lowest BCUT2D eigenvalue weighted by Crippen LogP contribution is -2.42. The predicted molar refractivity (Wildman–Crippen MR) is 123 cm³/mol. The van der Waals surface area contributed by atoms with Gasteiger partial charge in [-0.15, -0.1) is 0 Å². The molecule has 0 unspecified atom stereocenters. The van der Waals surface area contributed by atoms with Crippen LogP contribution in [-0.4, -0.2) is 41.8 Å². The Kier molecular flexibility index (Phi) is 7.06. The topological polar surface area (TPSA) is 53.5 Å². The number of benzene rings is 2. The lowest BCUT2D eigenvalue weighted by atomic mass is 10.00. The van der Waals surface area contributed by atoms with E-state index in [0.717, 1.165) is 12.8 Å². The molecule has 156 valence electrons. The zero-order chi connectivity index (χ0) is 21.7. The van der Waals surface area contributed by atoms with Gasteiger partial charge in [0.15, 0.2) is 5.78 Å². The highest BCUT2D eigenvalue weighted by Crippen LogP contribution is 2.33. The van der Waals surface area contributed by atoms with Gasteiger partial charge < -0.3 is 4.90 Å². The Morgan fingerprint density at radius 1 is 1.00 bits per heavy atom. The maximum absolute atomic E-state index is 13.4. The van der Waals surface area contributed by atoms with Gasteiger partial charge in [-0.05, 0) is 31.0 Å². The van der Waals surface area contributed by atoms with Crippen LogP contribution in [0.1, 0.15) is 42.6 Å². The molecule has 3 aromatic rings. The second kappa shape index (κ2) is 9.72. The molecule has 2 amide bonds. The average Bonchev–Trinajstić information content (AvgIpc) is 2.77. The number of fused-ring (bicyclic) bond motifs is 1. The first-order valence-corrected chi connectivity index (χ1v) is 10.6. The number of nitrogens with zero attached hydrogens (tertiary/aromatic N) is 3. The van der Waals surface area contributed by atoms with Crippen molar-refractivity contribution >= 4 is 40.0 Å². The third-order valence-corrected chi connectivity index (χ3v) is 5.20. The number of hydrogen-bond acceptors (Lipinski definition) is 3. The molecule has 5 nitrogen and oxygen atoms in total. The van der Waals surface area contributed by atoms with Gasteiger partial charge >= 0.3 is 6.03 Å². The van der Waals surface area contributed by atoms with Crippen LogP contribution in [0.3, 0.4) is 0 Å². The number of urea groups is 1. The molecular weight excluding hydrogens is 398 g/mol. The first kappa shape index (κ1) is 21.8. The number of ketones is 1. The summed E-state index contributed by atoms with van der Waals surface area (Å²) in [4.78, 5) is 34.5. The Bertz CT molecular complexity index is 1050. The lowest BCUT2D eigenvalue weighted by molar-refractivity contribution is 0.103. The maximum Gasteiger partial charge on any atom is 0.324 e. The Morgan fingerprint density at radius 2 is 1.67 bits per heavy atom. The molecule has 0 radical (unpaired) electrons. The smallest absolute Gasteiger partial charge is 0.324 e. The number of aromatic nitrogens is 1. The zero-order valence-electron chi connectivity index (χ0n) is 17.6. The van der Waals surface area contributed by atoms with Crippen LogP contribution in [0.4, 0.5) is 10.5 Å². The van der Waals surface area contributed by atoms with Gasteiger partial charge in [-0.2, -0.15) is 0 Å². The molecule has 6 heteroatoms. The standard InChI is InChI=1S/C24H26ClN3O2/c1-4-13-28(14-5-2)24(30)27(3)22-19-15-18(25)11-12-21(19)26-16-20(22)23(29)17-9-7-6-8-10-17/h6-12,15-16H,4-5,13-14H2,1-3H3. The molecule has 2 aromatic carbocycles. The molecular formula is C24H26ClN3O2. The number of carbonyl (C=O) groups excluding carboxylic acids is 2. The number of pyridine rings is 1. The normalized spacial score (nSPS) is 10.8. The summed E-state index contributed by atoms with van der Waals surface area (Å²) in [6, 6.07) is 14.2.